The van der Waals surface area contributed by atoms with E-state index in [9.17, 15) is 0 Å². The number of ether oxygens (including phenoxy) is 1. The van der Waals surface area contributed by atoms with Crippen molar-refractivity contribution in [1.29, 1.82) is 0 Å². The number of fused-ring (bicyclic) bond motifs is 2. The third kappa shape index (κ3) is 2.32. The van der Waals surface area contributed by atoms with Crippen molar-refractivity contribution >= 4 is 8.32 Å². The third-order valence-corrected chi connectivity index (χ3v) is 9.73. The smallest absolute Gasteiger partial charge is 0.192 e. The highest BCUT2D eigenvalue weighted by molar-refractivity contribution is 6.74. The van der Waals surface area contributed by atoms with Crippen molar-refractivity contribution in [3.05, 3.63) is 12.7 Å². The lowest BCUT2D eigenvalue weighted by molar-refractivity contribution is -0.0366. The van der Waals surface area contributed by atoms with Gasteiger partial charge in [-0.3, -0.25) is 0 Å². The molecule has 18 heavy (non-hydrogen) atoms. The van der Waals surface area contributed by atoms with Crippen LogP contribution in [0.1, 0.15) is 40.0 Å². The van der Waals surface area contributed by atoms with Crippen LogP contribution < -0.4 is 0 Å². The molecule has 2 fully saturated rings. The molecule has 2 bridgehead atoms. The molecule has 2 aliphatic rings. The zero-order valence-corrected chi connectivity index (χ0v) is 13.6. The Morgan fingerprint density at radius 1 is 1.44 bits per heavy atom. The predicted octanol–water partition coefficient (Wildman–Crippen LogP) is 4.13. The molecule has 0 aromatic heterocycles. The molecule has 0 unspecified atom stereocenters. The molecule has 0 aliphatic carbocycles. The predicted molar refractivity (Wildman–Crippen MR) is 78.3 cm³/mol. The Balaban J connectivity index is 2.03. The normalized spacial score (nSPS) is 36.1. The van der Waals surface area contributed by atoms with E-state index >= 15 is 0 Å². The summed E-state index contributed by atoms with van der Waals surface area (Å²) in [6.45, 7) is 16.2. The first kappa shape index (κ1) is 14.3. The van der Waals surface area contributed by atoms with Gasteiger partial charge < -0.3 is 9.16 Å². The molecule has 2 saturated heterocycles. The average molecular weight is 268 g/mol. The van der Waals surface area contributed by atoms with Crippen LogP contribution in [0.5, 0.6) is 0 Å². The Hall–Kier alpha value is -0.123. The molecule has 104 valence electrons. The van der Waals surface area contributed by atoms with Gasteiger partial charge in [-0.1, -0.05) is 26.8 Å². The lowest BCUT2D eigenvalue weighted by Gasteiger charge is -2.40. The van der Waals surface area contributed by atoms with Crippen molar-refractivity contribution in [1.82, 2.24) is 0 Å². The van der Waals surface area contributed by atoms with Crippen LogP contribution in [0.15, 0.2) is 12.7 Å². The van der Waals surface area contributed by atoms with E-state index in [2.05, 4.69) is 46.5 Å². The van der Waals surface area contributed by atoms with E-state index in [1.165, 1.54) is 6.42 Å². The highest BCUT2D eigenvalue weighted by Crippen LogP contribution is 2.49. The van der Waals surface area contributed by atoms with Gasteiger partial charge in [-0.05, 0) is 37.4 Å². The fraction of sp³-hybridized carbons (Fsp3) is 0.867. The van der Waals surface area contributed by atoms with Gasteiger partial charge in [0.15, 0.2) is 8.32 Å². The van der Waals surface area contributed by atoms with Gasteiger partial charge in [0.2, 0.25) is 0 Å². The van der Waals surface area contributed by atoms with E-state index in [1.807, 2.05) is 0 Å². The minimum Gasteiger partial charge on any atom is -0.414 e. The second-order valence-electron chi connectivity index (χ2n) is 7.47. The van der Waals surface area contributed by atoms with Crippen LogP contribution in [0, 0.1) is 5.92 Å². The lowest BCUT2D eigenvalue weighted by atomic mass is 9.79. The van der Waals surface area contributed by atoms with Gasteiger partial charge >= 0.3 is 0 Å². The van der Waals surface area contributed by atoms with Crippen LogP contribution in [0.2, 0.25) is 18.1 Å². The molecule has 0 amide bonds. The summed E-state index contributed by atoms with van der Waals surface area (Å²) >= 11 is 0. The van der Waals surface area contributed by atoms with Crippen molar-refractivity contribution in [3.63, 3.8) is 0 Å². The second kappa shape index (κ2) is 4.46. The summed E-state index contributed by atoms with van der Waals surface area (Å²) < 4.78 is 12.6. The fourth-order valence-corrected chi connectivity index (χ4v) is 3.87. The molecule has 3 atom stereocenters. The molecule has 0 aromatic rings. The van der Waals surface area contributed by atoms with E-state index < -0.39 is 8.32 Å². The fourth-order valence-electron chi connectivity index (χ4n) is 2.84. The number of hydrogen-bond donors (Lipinski definition) is 0. The van der Waals surface area contributed by atoms with E-state index in [1.54, 1.807) is 0 Å². The first-order valence-electron chi connectivity index (χ1n) is 7.14. The Kier molecular flexibility index (Phi) is 3.54. The minimum absolute atomic E-state index is 0.0536. The van der Waals surface area contributed by atoms with E-state index in [0.717, 1.165) is 19.4 Å². The van der Waals surface area contributed by atoms with E-state index in [4.69, 9.17) is 9.16 Å². The summed E-state index contributed by atoms with van der Waals surface area (Å²) in [5.41, 5.74) is -0.0536. The third-order valence-electron chi connectivity index (χ3n) is 5.25. The van der Waals surface area contributed by atoms with E-state index in [-0.39, 0.29) is 10.6 Å². The summed E-state index contributed by atoms with van der Waals surface area (Å²) in [7, 11) is -1.67. The highest BCUT2D eigenvalue weighted by atomic mass is 28.4. The summed E-state index contributed by atoms with van der Waals surface area (Å²) in [5, 5.41) is 0.268. The maximum absolute atomic E-state index is 6.40. The van der Waals surface area contributed by atoms with Crippen LogP contribution in [-0.2, 0) is 9.16 Å². The molecule has 2 heterocycles. The Morgan fingerprint density at radius 3 is 2.61 bits per heavy atom. The van der Waals surface area contributed by atoms with Gasteiger partial charge in [0, 0.05) is 5.92 Å². The highest BCUT2D eigenvalue weighted by Gasteiger charge is 2.53. The molecule has 0 N–H and O–H groups in total. The van der Waals surface area contributed by atoms with Gasteiger partial charge in [0.1, 0.15) is 0 Å². The topological polar surface area (TPSA) is 18.5 Å². The SMILES string of the molecule is C=C[C@H]1C[C@@H]2CC[C@@]1(CO[Si](C)(C)C(C)(C)C)O2. The van der Waals surface area contributed by atoms with Crippen LogP contribution in [0.25, 0.3) is 0 Å². The zero-order chi connectivity index (χ0) is 13.6. The van der Waals surface area contributed by atoms with Gasteiger partial charge in [0.05, 0.1) is 18.3 Å². The first-order chi connectivity index (χ1) is 8.20. The van der Waals surface area contributed by atoms with Crippen molar-refractivity contribution in [2.45, 2.75) is 69.9 Å². The second-order valence-corrected chi connectivity index (χ2v) is 12.3. The molecule has 0 radical (unpaired) electrons. The van der Waals surface area contributed by atoms with Crippen molar-refractivity contribution in [2.24, 2.45) is 5.92 Å². The van der Waals surface area contributed by atoms with Crippen LogP contribution in [-0.4, -0.2) is 26.6 Å². The van der Waals surface area contributed by atoms with E-state index in [0.29, 0.717) is 12.0 Å². The molecule has 2 nitrogen and oxygen atoms in total. The summed E-state index contributed by atoms with van der Waals surface area (Å²) in [6.07, 6.45) is 6.02. The summed E-state index contributed by atoms with van der Waals surface area (Å²) in [6, 6.07) is 0. The minimum atomic E-state index is -1.67. The summed E-state index contributed by atoms with van der Waals surface area (Å²) in [4.78, 5) is 0. The van der Waals surface area contributed by atoms with Crippen molar-refractivity contribution in [2.75, 3.05) is 6.61 Å². The Labute approximate surface area is 113 Å². The Bertz CT molecular complexity index is 332. The van der Waals surface area contributed by atoms with Gasteiger partial charge in [-0.25, -0.2) is 0 Å². The maximum atomic E-state index is 6.40. The quantitative estimate of drug-likeness (QED) is 0.564. The summed E-state index contributed by atoms with van der Waals surface area (Å²) in [5.74, 6) is 0.487. The molecular formula is C15H28O2Si. The zero-order valence-electron chi connectivity index (χ0n) is 12.6. The van der Waals surface area contributed by atoms with Crippen LogP contribution in [0.3, 0.4) is 0 Å². The van der Waals surface area contributed by atoms with Crippen molar-refractivity contribution in [3.8, 4) is 0 Å². The molecule has 0 saturated carbocycles. The van der Waals surface area contributed by atoms with Gasteiger partial charge in [0.25, 0.3) is 0 Å². The standard InChI is InChI=1S/C15H28O2Si/c1-7-12-10-13-8-9-15(12,17-13)11-16-18(5,6)14(2,3)4/h7,12-13H,1,8-11H2,2-6H3/t12-,13-,15-/m0/s1. The number of hydrogen-bond acceptors (Lipinski definition) is 2. The van der Waals surface area contributed by atoms with Crippen molar-refractivity contribution < 1.29 is 9.16 Å². The maximum Gasteiger partial charge on any atom is 0.192 e. The largest absolute Gasteiger partial charge is 0.414 e. The van der Waals surface area contributed by atoms with Crippen LogP contribution in [0.4, 0.5) is 0 Å². The average Bonchev–Trinajstić information content (AvgIpc) is 2.82. The monoisotopic (exact) mass is 268 g/mol. The molecular weight excluding hydrogens is 240 g/mol. The van der Waals surface area contributed by atoms with Crippen LogP contribution >= 0.6 is 0 Å². The molecule has 0 aromatic carbocycles. The molecule has 2 aliphatic heterocycles. The number of rotatable bonds is 4. The lowest BCUT2D eigenvalue weighted by Crippen LogP contribution is -2.47. The molecule has 0 spiro atoms. The molecule has 3 heteroatoms. The van der Waals surface area contributed by atoms with Gasteiger partial charge in [-0.2, -0.15) is 0 Å². The molecule has 2 rings (SSSR count). The Morgan fingerprint density at radius 2 is 2.11 bits per heavy atom. The first-order valence-corrected chi connectivity index (χ1v) is 10.1. The van der Waals surface area contributed by atoms with Gasteiger partial charge in [-0.15, -0.1) is 6.58 Å².